The van der Waals surface area contributed by atoms with E-state index < -0.39 is 0 Å². The smallest absolute Gasteiger partial charge is 0.251 e. The van der Waals surface area contributed by atoms with Crippen molar-refractivity contribution in [3.05, 3.63) is 52.5 Å². The molecule has 0 aliphatic carbocycles. The van der Waals surface area contributed by atoms with E-state index >= 15 is 0 Å². The third-order valence-electron chi connectivity index (χ3n) is 5.41. The Morgan fingerprint density at radius 2 is 1.94 bits per heavy atom. The van der Waals surface area contributed by atoms with Gasteiger partial charge in [-0.15, -0.1) is 0 Å². The predicted molar refractivity (Wildman–Crippen MR) is 123 cm³/mol. The number of hydrogen-bond donors (Lipinski definition) is 1. The normalized spacial score (nSPS) is 14.8. The monoisotopic (exact) mass is 446 g/mol. The molecule has 7 heteroatoms. The summed E-state index contributed by atoms with van der Waals surface area (Å²) >= 11 is 6.35. The fourth-order valence-electron chi connectivity index (χ4n) is 3.73. The first kappa shape index (κ1) is 23.2. The van der Waals surface area contributed by atoms with Crippen LogP contribution in [0.1, 0.15) is 42.1 Å². The van der Waals surface area contributed by atoms with Gasteiger partial charge in [0.2, 0.25) is 0 Å². The molecule has 1 aliphatic heterocycles. The van der Waals surface area contributed by atoms with Crippen molar-refractivity contribution in [2.75, 3.05) is 33.9 Å². The lowest BCUT2D eigenvalue weighted by Crippen LogP contribution is -2.44. The molecular formula is C24H31ClN2O4. The van der Waals surface area contributed by atoms with Crippen molar-refractivity contribution in [1.82, 2.24) is 10.2 Å². The van der Waals surface area contributed by atoms with Gasteiger partial charge in [0, 0.05) is 31.2 Å². The van der Waals surface area contributed by atoms with Crippen LogP contribution >= 0.6 is 11.6 Å². The van der Waals surface area contributed by atoms with Gasteiger partial charge in [-0.25, -0.2) is 0 Å². The van der Waals surface area contributed by atoms with Crippen LogP contribution in [0.15, 0.2) is 36.4 Å². The molecule has 2 aromatic carbocycles. The maximum Gasteiger partial charge on any atom is 0.251 e. The molecule has 6 nitrogen and oxygen atoms in total. The van der Waals surface area contributed by atoms with E-state index in [4.69, 9.17) is 25.8 Å². The summed E-state index contributed by atoms with van der Waals surface area (Å²) in [6.07, 6.45) is 2.66. The molecule has 3 rings (SSSR count). The van der Waals surface area contributed by atoms with Gasteiger partial charge in [0.05, 0.1) is 25.8 Å². The summed E-state index contributed by atoms with van der Waals surface area (Å²) in [5, 5.41) is 3.52. The molecule has 31 heavy (non-hydrogen) atoms. The first-order chi connectivity index (χ1) is 15.0. The number of benzene rings is 2. The summed E-state index contributed by atoms with van der Waals surface area (Å²) in [5.41, 5.74) is 1.71. The number of ether oxygens (including phenoxy) is 3. The topological polar surface area (TPSA) is 60.0 Å². The van der Waals surface area contributed by atoms with E-state index in [9.17, 15) is 4.79 Å². The molecule has 2 aromatic rings. The van der Waals surface area contributed by atoms with Crippen LogP contribution in [0.25, 0.3) is 0 Å². The van der Waals surface area contributed by atoms with Crippen LogP contribution in [-0.2, 0) is 6.54 Å². The van der Waals surface area contributed by atoms with E-state index in [-0.39, 0.29) is 11.9 Å². The molecule has 1 aliphatic rings. The van der Waals surface area contributed by atoms with Gasteiger partial charge in [0.15, 0.2) is 11.5 Å². The number of nitrogens with zero attached hydrogens (tertiary/aromatic N) is 1. The van der Waals surface area contributed by atoms with Crippen molar-refractivity contribution >= 4 is 17.5 Å². The summed E-state index contributed by atoms with van der Waals surface area (Å²) in [6, 6.07) is 11.6. The van der Waals surface area contributed by atoms with E-state index in [0.29, 0.717) is 28.7 Å². The molecule has 1 N–H and O–H groups in total. The highest BCUT2D eigenvalue weighted by Crippen LogP contribution is 2.36. The number of carbonyl (C=O) groups excluding carboxylic acids is 1. The average molecular weight is 447 g/mol. The zero-order valence-electron chi connectivity index (χ0n) is 18.4. The lowest BCUT2D eigenvalue weighted by molar-refractivity contribution is 0.0908. The van der Waals surface area contributed by atoms with Crippen LogP contribution in [-0.4, -0.2) is 50.8 Å². The number of nitrogens with one attached hydrogen (secondary N) is 1. The van der Waals surface area contributed by atoms with Crippen LogP contribution in [0.2, 0.25) is 5.02 Å². The van der Waals surface area contributed by atoms with Gasteiger partial charge >= 0.3 is 0 Å². The molecule has 1 amide bonds. The molecule has 1 fully saturated rings. The second-order valence-corrected chi connectivity index (χ2v) is 8.12. The standard InChI is InChI=1S/C24H31ClN2O4/c1-4-12-31-23-21(25)14-18(15-22(23)30-3)24(28)26-19-8-10-27(11-9-19)16-17-6-5-7-20(13-17)29-2/h5-7,13-15,19H,4,8-12,16H2,1-3H3,(H,26,28). The Bertz CT molecular complexity index is 882. The van der Waals surface area contributed by atoms with E-state index in [2.05, 4.69) is 22.3 Å². The van der Waals surface area contributed by atoms with Crippen LogP contribution in [0, 0.1) is 0 Å². The Morgan fingerprint density at radius 3 is 2.61 bits per heavy atom. The van der Waals surface area contributed by atoms with Crippen molar-refractivity contribution in [3.8, 4) is 17.2 Å². The van der Waals surface area contributed by atoms with Gasteiger partial charge in [-0.05, 0) is 49.1 Å². The van der Waals surface area contributed by atoms with E-state index in [0.717, 1.165) is 44.6 Å². The number of hydrogen-bond acceptors (Lipinski definition) is 5. The van der Waals surface area contributed by atoms with E-state index in [1.807, 2.05) is 19.1 Å². The first-order valence-electron chi connectivity index (χ1n) is 10.7. The van der Waals surface area contributed by atoms with Crippen LogP contribution in [0.5, 0.6) is 17.2 Å². The Kier molecular flexibility index (Phi) is 8.43. The van der Waals surface area contributed by atoms with Gasteiger partial charge in [0.25, 0.3) is 5.91 Å². The van der Waals surface area contributed by atoms with Crippen LogP contribution in [0.3, 0.4) is 0 Å². The molecule has 0 atom stereocenters. The fraction of sp³-hybridized carbons (Fsp3) is 0.458. The summed E-state index contributed by atoms with van der Waals surface area (Å²) in [7, 11) is 3.23. The van der Waals surface area contributed by atoms with Gasteiger partial charge in [-0.1, -0.05) is 30.7 Å². The average Bonchev–Trinajstić information content (AvgIpc) is 2.79. The highest BCUT2D eigenvalue weighted by atomic mass is 35.5. The van der Waals surface area contributed by atoms with Crippen LogP contribution in [0.4, 0.5) is 0 Å². The number of amides is 1. The van der Waals surface area contributed by atoms with Gasteiger partial charge in [0.1, 0.15) is 5.75 Å². The van der Waals surface area contributed by atoms with Crippen molar-refractivity contribution in [2.24, 2.45) is 0 Å². The summed E-state index contributed by atoms with van der Waals surface area (Å²) in [4.78, 5) is 15.2. The van der Waals surface area contributed by atoms with Gasteiger partial charge < -0.3 is 19.5 Å². The number of piperidine rings is 1. The molecular weight excluding hydrogens is 416 g/mol. The first-order valence-corrected chi connectivity index (χ1v) is 11.1. The minimum atomic E-state index is -0.145. The molecule has 0 spiro atoms. The van der Waals surface area contributed by atoms with Crippen molar-refractivity contribution in [3.63, 3.8) is 0 Å². The Hall–Kier alpha value is -2.44. The summed E-state index contributed by atoms with van der Waals surface area (Å²) in [6.45, 7) is 5.29. The number of rotatable bonds is 9. The van der Waals surface area contributed by atoms with Crippen LogP contribution < -0.4 is 19.5 Å². The minimum absolute atomic E-state index is 0.134. The quantitative estimate of drug-likeness (QED) is 0.612. The molecule has 0 bridgehead atoms. The molecule has 0 unspecified atom stereocenters. The number of methoxy groups -OCH3 is 2. The third kappa shape index (κ3) is 6.28. The molecule has 1 saturated heterocycles. The maximum absolute atomic E-state index is 12.8. The van der Waals surface area contributed by atoms with Crippen molar-refractivity contribution in [1.29, 1.82) is 0 Å². The lowest BCUT2D eigenvalue weighted by atomic mass is 10.0. The highest BCUT2D eigenvalue weighted by molar-refractivity contribution is 6.32. The molecule has 0 saturated carbocycles. The number of likely N-dealkylation sites (tertiary alicyclic amines) is 1. The van der Waals surface area contributed by atoms with E-state index in [1.54, 1.807) is 26.4 Å². The molecule has 168 valence electrons. The fourth-order valence-corrected chi connectivity index (χ4v) is 3.99. The van der Waals surface area contributed by atoms with Gasteiger partial charge in [-0.2, -0.15) is 0 Å². The zero-order valence-corrected chi connectivity index (χ0v) is 19.2. The Morgan fingerprint density at radius 1 is 1.16 bits per heavy atom. The molecule has 0 radical (unpaired) electrons. The highest BCUT2D eigenvalue weighted by Gasteiger charge is 2.23. The third-order valence-corrected chi connectivity index (χ3v) is 5.69. The Balaban J connectivity index is 1.55. The summed E-state index contributed by atoms with van der Waals surface area (Å²) < 4.78 is 16.4. The predicted octanol–water partition coefficient (Wildman–Crippen LogP) is 4.54. The zero-order chi connectivity index (χ0) is 22.2. The van der Waals surface area contributed by atoms with Crippen molar-refractivity contribution < 1.29 is 19.0 Å². The second-order valence-electron chi connectivity index (χ2n) is 7.71. The van der Waals surface area contributed by atoms with Crippen molar-refractivity contribution in [2.45, 2.75) is 38.8 Å². The SMILES string of the molecule is CCCOc1c(Cl)cc(C(=O)NC2CCN(Cc3cccc(OC)c3)CC2)cc1OC. The Labute approximate surface area is 189 Å². The largest absolute Gasteiger partial charge is 0.497 e. The lowest BCUT2D eigenvalue weighted by Gasteiger charge is -2.32. The maximum atomic E-state index is 12.8. The second kappa shape index (κ2) is 11.3. The minimum Gasteiger partial charge on any atom is -0.497 e. The van der Waals surface area contributed by atoms with Gasteiger partial charge in [-0.3, -0.25) is 9.69 Å². The molecule has 1 heterocycles. The van der Waals surface area contributed by atoms with E-state index in [1.165, 1.54) is 5.56 Å². The summed E-state index contributed by atoms with van der Waals surface area (Å²) in [5.74, 6) is 1.68. The number of carbonyl (C=O) groups is 1. The molecule has 0 aromatic heterocycles. The number of halogens is 1.